The third-order valence-corrected chi connectivity index (χ3v) is 4.54. The molecule has 0 bridgehead atoms. The summed E-state index contributed by atoms with van der Waals surface area (Å²) in [4.78, 5) is 30.8. The van der Waals surface area contributed by atoms with E-state index < -0.39 is 0 Å². The molecule has 1 saturated heterocycles. The molecular weight excluding hydrogens is 310 g/mol. The summed E-state index contributed by atoms with van der Waals surface area (Å²) >= 11 is 2.44. The fraction of sp³-hybridized carbons (Fsp3) is 0.231. The fourth-order valence-corrected chi connectivity index (χ4v) is 3.33. The van der Waals surface area contributed by atoms with Gasteiger partial charge >= 0.3 is 0 Å². The van der Waals surface area contributed by atoms with Gasteiger partial charge in [-0.15, -0.1) is 11.3 Å². The maximum atomic E-state index is 12.3. The average Bonchev–Trinajstić information content (AvgIpc) is 3.18. The Bertz CT molecular complexity index is 706. The van der Waals surface area contributed by atoms with E-state index in [-0.39, 0.29) is 23.6 Å². The molecular formula is C13H11N3O3S2. The third kappa shape index (κ3) is 2.91. The number of aryl methyl sites for hydroxylation is 1. The predicted molar refractivity (Wildman–Crippen MR) is 79.5 cm³/mol. The maximum absolute atomic E-state index is 12.3. The number of thiophene rings is 1. The molecule has 0 atom stereocenters. The molecule has 0 unspecified atom stereocenters. The summed E-state index contributed by atoms with van der Waals surface area (Å²) < 4.78 is 5.02. The van der Waals surface area contributed by atoms with E-state index in [1.165, 1.54) is 11.3 Å². The normalized spacial score (nSPS) is 17.2. The lowest BCUT2D eigenvalue weighted by molar-refractivity contribution is -0.123. The standard InChI is InChI=1S/C13H11N3O3S2/c1-2-10-14-11(19-15-10)7-16-12(17)9(21-13(16)18)6-8-4-3-5-20-8/h3-6H,2,7H2,1H3/b9-6-. The summed E-state index contributed by atoms with van der Waals surface area (Å²) in [5.74, 6) is 0.507. The van der Waals surface area contributed by atoms with Crippen molar-refractivity contribution >= 4 is 40.3 Å². The van der Waals surface area contributed by atoms with Crippen molar-refractivity contribution in [2.45, 2.75) is 19.9 Å². The summed E-state index contributed by atoms with van der Waals surface area (Å²) in [5, 5.41) is 5.35. The molecule has 2 aromatic heterocycles. The van der Waals surface area contributed by atoms with Gasteiger partial charge in [-0.05, 0) is 29.3 Å². The van der Waals surface area contributed by atoms with Crippen LogP contribution in [0.15, 0.2) is 26.9 Å². The van der Waals surface area contributed by atoms with Crippen LogP contribution in [0.1, 0.15) is 23.5 Å². The average molecular weight is 321 g/mol. The number of aromatic nitrogens is 2. The number of amides is 2. The minimum atomic E-state index is -0.324. The minimum absolute atomic E-state index is 0.0133. The lowest BCUT2D eigenvalue weighted by atomic mass is 10.3. The minimum Gasteiger partial charge on any atom is -0.337 e. The van der Waals surface area contributed by atoms with Crippen molar-refractivity contribution in [3.05, 3.63) is 39.0 Å². The molecule has 8 heteroatoms. The largest absolute Gasteiger partial charge is 0.337 e. The van der Waals surface area contributed by atoms with Crippen molar-refractivity contribution in [1.29, 1.82) is 0 Å². The van der Waals surface area contributed by atoms with Gasteiger partial charge in [0.25, 0.3) is 11.1 Å². The molecule has 21 heavy (non-hydrogen) atoms. The van der Waals surface area contributed by atoms with Gasteiger partial charge in [-0.25, -0.2) is 0 Å². The first-order valence-electron chi connectivity index (χ1n) is 6.27. The van der Waals surface area contributed by atoms with Crippen molar-refractivity contribution in [2.24, 2.45) is 0 Å². The van der Waals surface area contributed by atoms with Crippen LogP contribution in [0, 0.1) is 0 Å². The van der Waals surface area contributed by atoms with E-state index in [0.717, 1.165) is 21.5 Å². The Balaban J connectivity index is 1.77. The number of carbonyl (C=O) groups is 2. The number of hydrogen-bond donors (Lipinski definition) is 0. The second-order valence-electron chi connectivity index (χ2n) is 4.24. The van der Waals surface area contributed by atoms with Gasteiger partial charge in [-0.2, -0.15) is 4.98 Å². The van der Waals surface area contributed by atoms with E-state index in [0.29, 0.717) is 17.2 Å². The fourth-order valence-electron chi connectivity index (χ4n) is 1.77. The van der Waals surface area contributed by atoms with E-state index in [1.54, 1.807) is 6.08 Å². The third-order valence-electron chi connectivity index (χ3n) is 2.81. The highest BCUT2D eigenvalue weighted by Crippen LogP contribution is 2.33. The number of thioether (sulfide) groups is 1. The van der Waals surface area contributed by atoms with Gasteiger partial charge in [0.05, 0.1) is 4.91 Å². The van der Waals surface area contributed by atoms with Crippen molar-refractivity contribution < 1.29 is 14.1 Å². The van der Waals surface area contributed by atoms with Crippen molar-refractivity contribution in [2.75, 3.05) is 0 Å². The molecule has 0 saturated carbocycles. The van der Waals surface area contributed by atoms with Crippen LogP contribution in [0.5, 0.6) is 0 Å². The Morgan fingerprint density at radius 1 is 1.43 bits per heavy atom. The summed E-state index contributed by atoms with van der Waals surface area (Å²) in [6.07, 6.45) is 2.37. The van der Waals surface area contributed by atoms with E-state index in [2.05, 4.69) is 10.1 Å². The first-order chi connectivity index (χ1) is 10.2. The van der Waals surface area contributed by atoms with Gasteiger partial charge in [0.2, 0.25) is 5.89 Å². The summed E-state index contributed by atoms with van der Waals surface area (Å²) in [7, 11) is 0. The van der Waals surface area contributed by atoms with Gasteiger partial charge in [0.1, 0.15) is 6.54 Å². The first-order valence-corrected chi connectivity index (χ1v) is 7.97. The van der Waals surface area contributed by atoms with Crippen LogP contribution in [0.4, 0.5) is 4.79 Å². The van der Waals surface area contributed by atoms with Gasteiger partial charge < -0.3 is 4.52 Å². The molecule has 2 aromatic rings. The summed E-state index contributed by atoms with van der Waals surface area (Å²) in [6.45, 7) is 1.91. The smallest absolute Gasteiger partial charge is 0.294 e. The highest BCUT2D eigenvalue weighted by Gasteiger charge is 2.36. The van der Waals surface area contributed by atoms with Crippen LogP contribution in [-0.2, 0) is 17.8 Å². The van der Waals surface area contributed by atoms with Gasteiger partial charge in [-0.1, -0.05) is 18.1 Å². The summed E-state index contributed by atoms with van der Waals surface area (Å²) in [5.41, 5.74) is 0. The van der Waals surface area contributed by atoms with Crippen LogP contribution < -0.4 is 0 Å². The zero-order valence-electron chi connectivity index (χ0n) is 11.1. The molecule has 6 nitrogen and oxygen atoms in total. The van der Waals surface area contributed by atoms with Gasteiger partial charge in [0.15, 0.2) is 5.82 Å². The summed E-state index contributed by atoms with van der Waals surface area (Å²) in [6, 6.07) is 3.79. The van der Waals surface area contributed by atoms with E-state index in [4.69, 9.17) is 4.52 Å². The molecule has 1 fully saturated rings. The number of imide groups is 1. The monoisotopic (exact) mass is 321 g/mol. The van der Waals surface area contributed by atoms with Crippen LogP contribution in [0.25, 0.3) is 6.08 Å². The molecule has 0 N–H and O–H groups in total. The van der Waals surface area contributed by atoms with Gasteiger partial charge in [0, 0.05) is 11.3 Å². The topological polar surface area (TPSA) is 76.3 Å². The molecule has 1 aliphatic heterocycles. The molecule has 3 rings (SSSR count). The highest BCUT2D eigenvalue weighted by atomic mass is 32.2. The molecule has 0 radical (unpaired) electrons. The lowest BCUT2D eigenvalue weighted by Crippen LogP contribution is -2.27. The van der Waals surface area contributed by atoms with Crippen LogP contribution in [0.3, 0.4) is 0 Å². The Hall–Kier alpha value is -1.93. The van der Waals surface area contributed by atoms with Crippen molar-refractivity contribution in [3.8, 4) is 0 Å². The van der Waals surface area contributed by atoms with Crippen molar-refractivity contribution in [1.82, 2.24) is 15.0 Å². The Kier molecular flexibility index (Phi) is 3.89. The van der Waals surface area contributed by atoms with Crippen LogP contribution >= 0.6 is 23.1 Å². The van der Waals surface area contributed by atoms with E-state index >= 15 is 0 Å². The van der Waals surface area contributed by atoms with Crippen LogP contribution in [-0.4, -0.2) is 26.2 Å². The molecule has 0 aromatic carbocycles. The molecule has 0 aliphatic carbocycles. The maximum Gasteiger partial charge on any atom is 0.294 e. The molecule has 0 spiro atoms. The highest BCUT2D eigenvalue weighted by molar-refractivity contribution is 8.18. The number of carbonyl (C=O) groups excluding carboxylic acids is 2. The Morgan fingerprint density at radius 2 is 2.29 bits per heavy atom. The zero-order valence-corrected chi connectivity index (χ0v) is 12.7. The quantitative estimate of drug-likeness (QED) is 0.806. The number of nitrogens with zero attached hydrogens (tertiary/aromatic N) is 3. The molecule has 1 aliphatic rings. The first kappa shape index (κ1) is 14.0. The predicted octanol–water partition coefficient (Wildman–Crippen LogP) is 2.93. The molecule has 2 amide bonds. The van der Waals surface area contributed by atoms with Gasteiger partial charge in [-0.3, -0.25) is 14.5 Å². The van der Waals surface area contributed by atoms with E-state index in [9.17, 15) is 9.59 Å². The Labute approximate surface area is 128 Å². The SMILES string of the molecule is CCc1noc(CN2C(=O)S/C(=C\c3cccs3)C2=O)n1. The lowest BCUT2D eigenvalue weighted by Gasteiger charge is -2.08. The zero-order chi connectivity index (χ0) is 14.8. The second-order valence-corrected chi connectivity index (χ2v) is 6.21. The van der Waals surface area contributed by atoms with Crippen molar-refractivity contribution in [3.63, 3.8) is 0 Å². The van der Waals surface area contributed by atoms with E-state index in [1.807, 2.05) is 24.4 Å². The second kappa shape index (κ2) is 5.82. The number of rotatable bonds is 4. The molecule has 3 heterocycles. The number of hydrogen-bond acceptors (Lipinski definition) is 7. The molecule has 108 valence electrons. The van der Waals surface area contributed by atoms with Crippen LogP contribution in [0.2, 0.25) is 0 Å². The Morgan fingerprint density at radius 3 is 2.95 bits per heavy atom.